The van der Waals surface area contributed by atoms with Crippen molar-refractivity contribution in [3.63, 3.8) is 0 Å². The second-order valence-electron chi connectivity index (χ2n) is 10.4. The number of carbonyl (C=O) groups excluding carboxylic acids is 1. The van der Waals surface area contributed by atoms with Crippen LogP contribution in [0.25, 0.3) is 11.8 Å². The number of hydrogen-bond acceptors (Lipinski definition) is 6. The van der Waals surface area contributed by atoms with Gasteiger partial charge in [-0.1, -0.05) is 75.8 Å². The second kappa shape index (κ2) is 11.3. The first-order valence-electron chi connectivity index (χ1n) is 13.8. The van der Waals surface area contributed by atoms with Gasteiger partial charge in [-0.2, -0.15) is 0 Å². The summed E-state index contributed by atoms with van der Waals surface area (Å²) < 4.78 is 14.1. The van der Waals surface area contributed by atoms with Gasteiger partial charge in [0.1, 0.15) is 11.5 Å². The number of ether oxygens (including phenoxy) is 2. The van der Waals surface area contributed by atoms with Crippen LogP contribution in [0.1, 0.15) is 45.1 Å². The van der Waals surface area contributed by atoms with Crippen molar-refractivity contribution in [2.75, 3.05) is 7.11 Å². The molecule has 0 unspecified atom stereocenters. The van der Waals surface area contributed by atoms with Crippen molar-refractivity contribution in [3.8, 4) is 11.5 Å². The van der Waals surface area contributed by atoms with E-state index in [4.69, 9.17) is 14.5 Å². The molecule has 7 rings (SSSR count). The van der Waals surface area contributed by atoms with Crippen LogP contribution in [0, 0.1) is 0 Å². The van der Waals surface area contributed by atoms with Gasteiger partial charge in [-0.05, 0) is 89.7 Å². The molecular formula is C35H25BrN2O4S. The van der Waals surface area contributed by atoms with Crippen molar-refractivity contribution >= 4 is 45.0 Å². The highest BCUT2D eigenvalue weighted by Crippen LogP contribution is 2.41. The van der Waals surface area contributed by atoms with E-state index in [1.54, 1.807) is 43.5 Å². The highest BCUT2D eigenvalue weighted by molar-refractivity contribution is 9.10. The zero-order valence-corrected chi connectivity index (χ0v) is 25.5. The molecule has 8 heteroatoms. The predicted molar refractivity (Wildman–Crippen MR) is 171 cm³/mol. The Kier molecular flexibility index (Phi) is 7.16. The highest BCUT2D eigenvalue weighted by atomic mass is 79.9. The normalized spacial score (nSPS) is 15.7. The molecule has 0 amide bonds. The van der Waals surface area contributed by atoms with Crippen molar-refractivity contribution in [2.45, 2.75) is 18.9 Å². The van der Waals surface area contributed by atoms with Crippen LogP contribution in [0.3, 0.4) is 0 Å². The predicted octanol–water partition coefficient (Wildman–Crippen LogP) is 6.31. The van der Waals surface area contributed by atoms with Crippen molar-refractivity contribution in [2.24, 2.45) is 4.99 Å². The number of aryl methyl sites for hydroxylation is 1. The van der Waals surface area contributed by atoms with Gasteiger partial charge in [-0.25, -0.2) is 9.79 Å². The van der Waals surface area contributed by atoms with Crippen molar-refractivity contribution in [3.05, 3.63) is 155 Å². The van der Waals surface area contributed by atoms with E-state index in [1.807, 2.05) is 41.0 Å². The first-order chi connectivity index (χ1) is 21.0. The van der Waals surface area contributed by atoms with Gasteiger partial charge in [0.25, 0.3) is 5.56 Å². The Hall–Kier alpha value is -4.53. The Morgan fingerprint density at radius 2 is 1.65 bits per heavy atom. The van der Waals surface area contributed by atoms with Gasteiger partial charge in [-0.15, -0.1) is 0 Å². The Balaban J connectivity index is 1.25. The SMILES string of the molecule is COc1ccc(C(=O)Oc2ccc(/C=c3\sc4n(c3=O)[C@H](c3ccc(Br)cc3)C3=C(N=4)c4ccccc4CC3)cc2)cc1. The largest absolute Gasteiger partial charge is 0.497 e. The maximum Gasteiger partial charge on any atom is 0.343 e. The van der Waals surface area contributed by atoms with E-state index in [-0.39, 0.29) is 11.6 Å². The summed E-state index contributed by atoms with van der Waals surface area (Å²) >= 11 is 4.94. The van der Waals surface area contributed by atoms with Gasteiger partial charge < -0.3 is 9.47 Å². The molecule has 1 atom stereocenters. The monoisotopic (exact) mass is 648 g/mol. The topological polar surface area (TPSA) is 69.9 Å². The number of methoxy groups -OCH3 is 1. The molecule has 1 aromatic heterocycles. The summed E-state index contributed by atoms with van der Waals surface area (Å²) in [6.45, 7) is 0. The Morgan fingerprint density at radius 1 is 0.930 bits per heavy atom. The molecule has 1 aliphatic heterocycles. The average molecular weight is 650 g/mol. The summed E-state index contributed by atoms with van der Waals surface area (Å²) in [7, 11) is 1.57. The van der Waals surface area contributed by atoms with Crippen LogP contribution >= 0.6 is 27.3 Å². The number of esters is 1. The Bertz CT molecular complexity index is 2080. The lowest BCUT2D eigenvalue weighted by molar-refractivity contribution is 0.0734. The summed E-state index contributed by atoms with van der Waals surface area (Å²) in [6, 6.07) is 30.2. The first-order valence-corrected chi connectivity index (χ1v) is 15.4. The third-order valence-electron chi connectivity index (χ3n) is 7.77. The Morgan fingerprint density at radius 3 is 2.40 bits per heavy atom. The molecule has 2 aliphatic rings. The lowest BCUT2D eigenvalue weighted by Gasteiger charge is -2.30. The minimum Gasteiger partial charge on any atom is -0.497 e. The van der Waals surface area contributed by atoms with E-state index in [0.29, 0.717) is 26.4 Å². The second-order valence-corrected chi connectivity index (χ2v) is 12.3. The molecule has 0 N–H and O–H groups in total. The lowest BCUT2D eigenvalue weighted by Crippen LogP contribution is -2.38. The molecule has 0 radical (unpaired) electrons. The standard InChI is InChI=1S/C35H25BrN2O4S/c1-41-26-17-10-24(11-18-26)34(40)42-27-15-6-21(7-16-27)20-30-33(39)38-32(23-8-13-25(36)14-9-23)29-19-12-22-4-2-3-5-28(22)31(29)37-35(38)43-30/h2-11,13-18,20,32H,12,19H2,1H3/b30-20-/t32-/m1/s1. The van der Waals surface area contributed by atoms with Crippen LogP contribution in [0.15, 0.2) is 117 Å². The number of halogens is 1. The number of fused-ring (bicyclic) bond motifs is 3. The quantitative estimate of drug-likeness (QED) is 0.165. The van der Waals surface area contributed by atoms with E-state index in [2.05, 4.69) is 46.3 Å². The van der Waals surface area contributed by atoms with Crippen molar-refractivity contribution < 1.29 is 14.3 Å². The molecule has 2 heterocycles. The molecule has 6 nitrogen and oxygen atoms in total. The fraction of sp³-hybridized carbons (Fsp3) is 0.114. The van der Waals surface area contributed by atoms with Crippen LogP contribution in [0.2, 0.25) is 0 Å². The first kappa shape index (κ1) is 27.3. The van der Waals surface area contributed by atoms with E-state index in [1.165, 1.54) is 22.5 Å². The van der Waals surface area contributed by atoms with E-state index in [9.17, 15) is 9.59 Å². The molecule has 1 aliphatic carbocycles. The van der Waals surface area contributed by atoms with E-state index < -0.39 is 5.97 Å². The minimum atomic E-state index is -0.456. The smallest absolute Gasteiger partial charge is 0.343 e. The number of carbonyl (C=O) groups is 1. The van der Waals surface area contributed by atoms with Gasteiger partial charge in [0.15, 0.2) is 4.80 Å². The van der Waals surface area contributed by atoms with Crippen LogP contribution in [-0.4, -0.2) is 17.6 Å². The molecule has 212 valence electrons. The van der Waals surface area contributed by atoms with Gasteiger partial charge in [0, 0.05) is 10.0 Å². The van der Waals surface area contributed by atoms with Crippen LogP contribution in [-0.2, 0) is 6.42 Å². The number of nitrogens with zero attached hydrogens (tertiary/aromatic N) is 2. The van der Waals surface area contributed by atoms with E-state index >= 15 is 0 Å². The van der Waals surface area contributed by atoms with Crippen LogP contribution in [0.5, 0.6) is 11.5 Å². The molecule has 43 heavy (non-hydrogen) atoms. The van der Waals surface area contributed by atoms with Crippen molar-refractivity contribution in [1.29, 1.82) is 0 Å². The molecule has 0 spiro atoms. The maximum atomic E-state index is 14.0. The zero-order chi connectivity index (χ0) is 29.5. The average Bonchev–Trinajstić information content (AvgIpc) is 3.35. The number of rotatable bonds is 5. The summed E-state index contributed by atoms with van der Waals surface area (Å²) in [6.07, 6.45) is 3.63. The number of hydrogen-bond donors (Lipinski definition) is 0. The van der Waals surface area contributed by atoms with Crippen LogP contribution in [0.4, 0.5) is 0 Å². The van der Waals surface area contributed by atoms with Crippen LogP contribution < -0.4 is 24.4 Å². The molecule has 5 aromatic rings. The van der Waals surface area contributed by atoms with Crippen molar-refractivity contribution in [1.82, 2.24) is 4.57 Å². The summed E-state index contributed by atoms with van der Waals surface area (Å²) in [5.74, 6) is 0.627. The molecule has 0 fully saturated rings. The fourth-order valence-corrected chi connectivity index (χ4v) is 6.91. The summed E-state index contributed by atoms with van der Waals surface area (Å²) in [5.41, 5.74) is 6.81. The molecule has 0 bridgehead atoms. The van der Waals surface area contributed by atoms with Gasteiger partial charge in [-0.3, -0.25) is 9.36 Å². The Labute approximate surface area is 260 Å². The molecular weight excluding hydrogens is 624 g/mol. The van der Waals surface area contributed by atoms with E-state index in [0.717, 1.165) is 39.7 Å². The van der Waals surface area contributed by atoms with Gasteiger partial charge in [0.2, 0.25) is 0 Å². The summed E-state index contributed by atoms with van der Waals surface area (Å²) in [4.78, 5) is 32.3. The van der Waals surface area contributed by atoms with Gasteiger partial charge >= 0.3 is 5.97 Å². The number of aromatic nitrogens is 1. The minimum absolute atomic E-state index is 0.0721. The molecule has 0 saturated heterocycles. The maximum absolute atomic E-state index is 14.0. The summed E-state index contributed by atoms with van der Waals surface area (Å²) in [5, 5.41) is 0. The zero-order valence-electron chi connectivity index (χ0n) is 23.1. The van der Waals surface area contributed by atoms with Gasteiger partial charge in [0.05, 0.1) is 28.9 Å². The molecule has 4 aromatic carbocycles. The lowest BCUT2D eigenvalue weighted by atomic mass is 9.83. The fourth-order valence-electron chi connectivity index (χ4n) is 5.64. The highest BCUT2D eigenvalue weighted by Gasteiger charge is 2.32. The number of benzene rings is 4. The third kappa shape index (κ3) is 5.17. The number of allylic oxidation sites excluding steroid dienone is 1. The molecule has 0 saturated carbocycles. The third-order valence-corrected chi connectivity index (χ3v) is 9.28. The number of thiazole rings is 1.